The molecule has 0 unspecified atom stereocenters. The fraction of sp³-hybridized carbons (Fsp3) is 0.500. The second-order valence-electron chi connectivity index (χ2n) is 3.39. The molecule has 1 aromatic rings. The monoisotopic (exact) mass is 238 g/mol. The van der Waals surface area contributed by atoms with Crippen molar-refractivity contribution in [2.75, 3.05) is 19.8 Å². The highest BCUT2D eigenvalue weighted by atomic mass is 16.5. The van der Waals surface area contributed by atoms with E-state index in [1.165, 1.54) is 0 Å². The van der Waals surface area contributed by atoms with Crippen LogP contribution in [-0.4, -0.2) is 24.9 Å². The number of benzene rings is 1. The third-order valence-corrected chi connectivity index (χ3v) is 2.21. The molecular weight excluding hydrogens is 220 g/mol. The van der Waals surface area contributed by atoms with Crippen LogP contribution in [0.5, 0.6) is 11.5 Å². The van der Waals surface area contributed by atoms with E-state index in [0.29, 0.717) is 36.8 Å². The van der Waals surface area contributed by atoms with E-state index in [-0.39, 0.29) is 6.61 Å². The van der Waals surface area contributed by atoms with Gasteiger partial charge < -0.3 is 14.6 Å². The molecule has 0 aliphatic heterocycles. The molecule has 94 valence electrons. The molecule has 0 radical (unpaired) electrons. The van der Waals surface area contributed by atoms with Gasteiger partial charge in [0.05, 0.1) is 13.2 Å². The van der Waals surface area contributed by atoms with E-state index in [1.807, 2.05) is 13.8 Å². The molecule has 0 heterocycles. The van der Waals surface area contributed by atoms with E-state index >= 15 is 0 Å². The maximum absolute atomic E-state index is 8.95. The highest BCUT2D eigenvalue weighted by molar-refractivity contribution is 5.63. The molecule has 2 N–H and O–H groups in total. The van der Waals surface area contributed by atoms with Gasteiger partial charge in [0, 0.05) is 6.61 Å². The van der Waals surface area contributed by atoms with Gasteiger partial charge in [0.1, 0.15) is 0 Å². The summed E-state index contributed by atoms with van der Waals surface area (Å²) in [4.78, 5) is 0. The van der Waals surface area contributed by atoms with Crippen molar-refractivity contribution in [3.8, 4) is 11.5 Å². The zero-order valence-corrected chi connectivity index (χ0v) is 10.2. The smallest absolute Gasteiger partial charge is 0.169 e. The first-order chi connectivity index (χ1) is 8.26. The Hall–Kier alpha value is -1.62. The van der Waals surface area contributed by atoms with Crippen LogP contribution in [0, 0.1) is 5.53 Å². The van der Waals surface area contributed by atoms with Gasteiger partial charge in [-0.2, -0.15) is 5.11 Å². The van der Waals surface area contributed by atoms with E-state index in [2.05, 4.69) is 5.11 Å². The molecule has 17 heavy (non-hydrogen) atoms. The van der Waals surface area contributed by atoms with Gasteiger partial charge >= 0.3 is 0 Å². The summed E-state index contributed by atoms with van der Waals surface area (Å²) in [7, 11) is 0. The summed E-state index contributed by atoms with van der Waals surface area (Å²) in [5.74, 6) is 1.05. The van der Waals surface area contributed by atoms with E-state index < -0.39 is 0 Å². The van der Waals surface area contributed by atoms with Gasteiger partial charge in [0.2, 0.25) is 0 Å². The van der Waals surface area contributed by atoms with Crippen molar-refractivity contribution in [3.63, 3.8) is 0 Å². The lowest BCUT2D eigenvalue weighted by atomic mass is 10.1. The molecule has 0 aliphatic rings. The summed E-state index contributed by atoms with van der Waals surface area (Å²) < 4.78 is 10.9. The molecule has 1 aromatic carbocycles. The largest absolute Gasteiger partial charge is 0.491 e. The summed E-state index contributed by atoms with van der Waals surface area (Å²) in [6.07, 6.45) is 0.526. The Balaban J connectivity index is 3.18. The Labute approximate surface area is 101 Å². The van der Waals surface area contributed by atoms with E-state index in [1.54, 1.807) is 12.1 Å². The Morgan fingerprint density at radius 3 is 2.06 bits per heavy atom. The number of rotatable bonds is 7. The fourth-order valence-electron chi connectivity index (χ4n) is 1.55. The molecule has 0 bridgehead atoms. The summed E-state index contributed by atoms with van der Waals surface area (Å²) >= 11 is 0. The van der Waals surface area contributed by atoms with Crippen LogP contribution in [-0.2, 0) is 6.42 Å². The number of nitrogens with zero attached hydrogens (tertiary/aromatic N) is 1. The SMILES string of the molecule is CCOc1cc(CCO)cc(OCC)c1N=N. The molecule has 0 spiro atoms. The molecule has 0 saturated carbocycles. The average Bonchev–Trinajstić information content (AvgIpc) is 2.30. The third-order valence-electron chi connectivity index (χ3n) is 2.21. The number of ether oxygens (including phenoxy) is 2. The molecule has 5 heteroatoms. The molecule has 0 fully saturated rings. The minimum atomic E-state index is 0.0640. The van der Waals surface area contributed by atoms with Crippen molar-refractivity contribution in [1.82, 2.24) is 0 Å². The zero-order chi connectivity index (χ0) is 12.7. The van der Waals surface area contributed by atoms with E-state index in [9.17, 15) is 0 Å². The highest BCUT2D eigenvalue weighted by Crippen LogP contribution is 2.39. The molecule has 0 aromatic heterocycles. The van der Waals surface area contributed by atoms with Gasteiger partial charge in [-0.15, -0.1) is 0 Å². The molecule has 1 rings (SSSR count). The number of hydrogen-bond acceptors (Lipinski definition) is 5. The minimum absolute atomic E-state index is 0.0640. The van der Waals surface area contributed by atoms with Gasteiger partial charge in [-0.25, -0.2) is 5.53 Å². The molecular formula is C12H18N2O3. The zero-order valence-electron chi connectivity index (χ0n) is 10.2. The number of aliphatic hydroxyl groups excluding tert-OH is 1. The van der Waals surface area contributed by atoms with Crippen LogP contribution in [0.3, 0.4) is 0 Å². The van der Waals surface area contributed by atoms with Crippen molar-refractivity contribution in [3.05, 3.63) is 17.7 Å². The highest BCUT2D eigenvalue weighted by Gasteiger charge is 2.12. The van der Waals surface area contributed by atoms with Gasteiger partial charge in [-0.3, -0.25) is 0 Å². The Morgan fingerprint density at radius 1 is 1.18 bits per heavy atom. The maximum Gasteiger partial charge on any atom is 0.169 e. The Morgan fingerprint density at radius 2 is 1.71 bits per heavy atom. The molecule has 5 nitrogen and oxygen atoms in total. The van der Waals surface area contributed by atoms with Crippen LogP contribution in [0.4, 0.5) is 5.69 Å². The normalized spacial score (nSPS) is 10.1. The summed E-state index contributed by atoms with van der Waals surface area (Å²) in [5.41, 5.74) is 8.48. The molecule has 0 saturated heterocycles. The van der Waals surface area contributed by atoms with Crippen molar-refractivity contribution in [2.24, 2.45) is 5.11 Å². The van der Waals surface area contributed by atoms with Crippen LogP contribution in [0.1, 0.15) is 19.4 Å². The Bertz CT molecular complexity index is 353. The summed E-state index contributed by atoms with van der Waals surface area (Å²) in [5, 5.41) is 12.4. The standard InChI is InChI=1S/C12H18N2O3/c1-3-16-10-7-9(5-6-15)8-11(17-4-2)12(10)14-13/h7-8,13,15H,3-6H2,1-2H3. The van der Waals surface area contributed by atoms with Gasteiger partial charge in [-0.05, 0) is 38.0 Å². The molecule has 0 atom stereocenters. The van der Waals surface area contributed by atoms with Gasteiger partial charge in [0.25, 0.3) is 0 Å². The second-order valence-corrected chi connectivity index (χ2v) is 3.39. The van der Waals surface area contributed by atoms with Crippen LogP contribution in [0.2, 0.25) is 0 Å². The quantitative estimate of drug-likeness (QED) is 0.717. The van der Waals surface area contributed by atoms with Crippen LogP contribution in [0.25, 0.3) is 0 Å². The summed E-state index contributed by atoms with van der Waals surface area (Å²) in [6.45, 7) is 4.79. The first kappa shape index (κ1) is 13.4. The first-order valence-electron chi connectivity index (χ1n) is 5.67. The fourth-order valence-corrected chi connectivity index (χ4v) is 1.55. The van der Waals surface area contributed by atoms with Crippen LogP contribution in [0.15, 0.2) is 17.2 Å². The van der Waals surface area contributed by atoms with Gasteiger partial charge in [-0.1, -0.05) is 0 Å². The van der Waals surface area contributed by atoms with Crippen molar-refractivity contribution < 1.29 is 14.6 Å². The molecule has 0 amide bonds. The predicted molar refractivity (Wildman–Crippen MR) is 64.4 cm³/mol. The first-order valence-corrected chi connectivity index (χ1v) is 5.67. The molecule has 0 aliphatic carbocycles. The van der Waals surface area contributed by atoms with Crippen LogP contribution >= 0.6 is 0 Å². The van der Waals surface area contributed by atoms with Crippen molar-refractivity contribution in [2.45, 2.75) is 20.3 Å². The van der Waals surface area contributed by atoms with E-state index in [0.717, 1.165) is 5.56 Å². The third kappa shape index (κ3) is 3.42. The van der Waals surface area contributed by atoms with Crippen molar-refractivity contribution >= 4 is 5.69 Å². The average molecular weight is 238 g/mol. The minimum Gasteiger partial charge on any atom is -0.491 e. The topological polar surface area (TPSA) is 74.9 Å². The summed E-state index contributed by atoms with van der Waals surface area (Å²) in [6, 6.07) is 3.57. The van der Waals surface area contributed by atoms with Gasteiger partial charge in [0.15, 0.2) is 17.2 Å². The van der Waals surface area contributed by atoms with Crippen molar-refractivity contribution in [1.29, 1.82) is 5.53 Å². The second kappa shape index (κ2) is 6.85. The lowest BCUT2D eigenvalue weighted by Crippen LogP contribution is -1.99. The number of hydrogen-bond donors (Lipinski definition) is 2. The maximum atomic E-state index is 8.95. The number of aliphatic hydroxyl groups is 1. The predicted octanol–water partition coefficient (Wildman–Crippen LogP) is 2.68. The Kier molecular flexibility index (Phi) is 5.42. The van der Waals surface area contributed by atoms with Crippen LogP contribution < -0.4 is 9.47 Å². The van der Waals surface area contributed by atoms with E-state index in [4.69, 9.17) is 20.1 Å². The lowest BCUT2D eigenvalue weighted by Gasteiger charge is -2.13. The lowest BCUT2D eigenvalue weighted by molar-refractivity contribution is 0.297. The number of nitrogens with one attached hydrogen (secondary N) is 1.